The average molecular weight is 203 g/mol. The summed E-state index contributed by atoms with van der Waals surface area (Å²) < 4.78 is 0. The van der Waals surface area contributed by atoms with Gasteiger partial charge in [-0.05, 0) is 25.8 Å². The third kappa shape index (κ3) is 3.49. The second-order valence-corrected chi connectivity index (χ2v) is 4.94. The molecule has 1 fully saturated rings. The SMILES string of the molecule is CCC(O)(CC)CCNC1CSC1. The number of hydrogen-bond acceptors (Lipinski definition) is 3. The quantitative estimate of drug-likeness (QED) is 0.688. The van der Waals surface area contributed by atoms with Gasteiger partial charge >= 0.3 is 0 Å². The summed E-state index contributed by atoms with van der Waals surface area (Å²) in [5.74, 6) is 2.49. The molecule has 0 amide bonds. The molecule has 78 valence electrons. The second kappa shape index (κ2) is 5.23. The first-order valence-electron chi connectivity index (χ1n) is 5.23. The van der Waals surface area contributed by atoms with E-state index in [-0.39, 0.29) is 0 Å². The molecule has 3 heteroatoms. The molecule has 1 aliphatic heterocycles. The van der Waals surface area contributed by atoms with Crippen LogP contribution in [-0.4, -0.2) is 34.8 Å². The van der Waals surface area contributed by atoms with E-state index in [1.165, 1.54) is 11.5 Å². The molecule has 0 aromatic carbocycles. The molecule has 0 bridgehead atoms. The Morgan fingerprint density at radius 3 is 2.38 bits per heavy atom. The third-order valence-corrected chi connectivity index (χ3v) is 4.25. The largest absolute Gasteiger partial charge is 0.390 e. The van der Waals surface area contributed by atoms with Gasteiger partial charge in [-0.1, -0.05) is 13.8 Å². The Kier molecular flexibility index (Phi) is 4.56. The van der Waals surface area contributed by atoms with Gasteiger partial charge < -0.3 is 10.4 Å². The van der Waals surface area contributed by atoms with Crippen molar-refractivity contribution in [3.8, 4) is 0 Å². The van der Waals surface area contributed by atoms with Gasteiger partial charge in [-0.2, -0.15) is 11.8 Å². The van der Waals surface area contributed by atoms with Crippen molar-refractivity contribution < 1.29 is 5.11 Å². The first-order chi connectivity index (χ1) is 6.20. The Labute approximate surface area is 85.5 Å². The third-order valence-electron chi connectivity index (χ3n) is 2.98. The lowest BCUT2D eigenvalue weighted by atomic mass is 9.93. The van der Waals surface area contributed by atoms with Gasteiger partial charge in [0.05, 0.1) is 5.60 Å². The zero-order chi connectivity index (χ0) is 9.73. The lowest BCUT2D eigenvalue weighted by Gasteiger charge is -2.29. The predicted octanol–water partition coefficient (Wildman–Crippen LogP) is 1.63. The van der Waals surface area contributed by atoms with Crippen LogP contribution in [0.15, 0.2) is 0 Å². The number of hydrogen-bond donors (Lipinski definition) is 2. The van der Waals surface area contributed by atoms with E-state index in [4.69, 9.17) is 0 Å². The van der Waals surface area contributed by atoms with Crippen molar-refractivity contribution in [2.75, 3.05) is 18.1 Å². The molecule has 0 radical (unpaired) electrons. The monoisotopic (exact) mass is 203 g/mol. The van der Waals surface area contributed by atoms with Gasteiger partial charge in [-0.3, -0.25) is 0 Å². The molecule has 0 atom stereocenters. The van der Waals surface area contributed by atoms with Gasteiger partial charge in [0.2, 0.25) is 0 Å². The summed E-state index contributed by atoms with van der Waals surface area (Å²) in [7, 11) is 0. The zero-order valence-electron chi connectivity index (χ0n) is 8.68. The van der Waals surface area contributed by atoms with E-state index in [0.29, 0.717) is 6.04 Å². The van der Waals surface area contributed by atoms with E-state index in [0.717, 1.165) is 25.8 Å². The van der Waals surface area contributed by atoms with Crippen LogP contribution in [0.2, 0.25) is 0 Å². The highest BCUT2D eigenvalue weighted by molar-refractivity contribution is 8.00. The molecule has 0 aromatic heterocycles. The molecule has 0 spiro atoms. The van der Waals surface area contributed by atoms with Crippen molar-refractivity contribution in [1.82, 2.24) is 5.32 Å². The summed E-state index contributed by atoms with van der Waals surface area (Å²) >= 11 is 1.99. The Morgan fingerprint density at radius 1 is 1.38 bits per heavy atom. The van der Waals surface area contributed by atoms with E-state index >= 15 is 0 Å². The molecule has 1 heterocycles. The molecule has 0 aromatic rings. The molecule has 1 rings (SSSR count). The summed E-state index contributed by atoms with van der Waals surface area (Å²) in [6.07, 6.45) is 2.62. The van der Waals surface area contributed by atoms with E-state index in [9.17, 15) is 5.11 Å². The first-order valence-corrected chi connectivity index (χ1v) is 6.39. The van der Waals surface area contributed by atoms with Crippen molar-refractivity contribution in [2.24, 2.45) is 0 Å². The molecule has 0 unspecified atom stereocenters. The molecule has 0 aliphatic carbocycles. The minimum absolute atomic E-state index is 0.427. The normalized spacial score (nSPS) is 18.7. The number of nitrogens with one attached hydrogen (secondary N) is 1. The van der Waals surface area contributed by atoms with Crippen molar-refractivity contribution in [1.29, 1.82) is 0 Å². The maximum Gasteiger partial charge on any atom is 0.0654 e. The van der Waals surface area contributed by atoms with E-state index in [1.807, 2.05) is 11.8 Å². The minimum Gasteiger partial charge on any atom is -0.390 e. The van der Waals surface area contributed by atoms with Crippen molar-refractivity contribution in [3.05, 3.63) is 0 Å². The van der Waals surface area contributed by atoms with Gasteiger partial charge in [0.25, 0.3) is 0 Å². The maximum atomic E-state index is 9.99. The maximum absolute atomic E-state index is 9.99. The van der Waals surface area contributed by atoms with Crippen molar-refractivity contribution in [2.45, 2.75) is 44.8 Å². The Hall–Kier alpha value is 0.270. The van der Waals surface area contributed by atoms with E-state index in [2.05, 4.69) is 19.2 Å². The Morgan fingerprint density at radius 2 is 2.00 bits per heavy atom. The van der Waals surface area contributed by atoms with E-state index < -0.39 is 5.60 Å². The number of aliphatic hydroxyl groups is 1. The lowest BCUT2D eigenvalue weighted by Crippen LogP contribution is -2.43. The molecular formula is C10H21NOS. The summed E-state index contributed by atoms with van der Waals surface area (Å²) in [6, 6.07) is 0.711. The molecule has 13 heavy (non-hydrogen) atoms. The summed E-state index contributed by atoms with van der Waals surface area (Å²) in [5.41, 5.74) is -0.427. The smallest absolute Gasteiger partial charge is 0.0654 e. The van der Waals surface area contributed by atoms with Crippen LogP contribution in [0.5, 0.6) is 0 Å². The Bertz CT molecular complexity index is 144. The molecule has 1 aliphatic rings. The Balaban J connectivity index is 2.08. The van der Waals surface area contributed by atoms with Crippen LogP contribution in [0.4, 0.5) is 0 Å². The molecule has 2 nitrogen and oxygen atoms in total. The van der Waals surface area contributed by atoms with E-state index in [1.54, 1.807) is 0 Å². The molecule has 0 saturated carbocycles. The summed E-state index contributed by atoms with van der Waals surface area (Å²) in [5, 5.41) is 13.4. The highest BCUT2D eigenvalue weighted by atomic mass is 32.2. The number of rotatable bonds is 6. The summed E-state index contributed by atoms with van der Waals surface area (Å²) in [6.45, 7) is 5.08. The standard InChI is InChI=1S/C10H21NOS/c1-3-10(12,4-2)5-6-11-9-7-13-8-9/h9,11-12H,3-8H2,1-2H3. The predicted molar refractivity (Wildman–Crippen MR) is 59.3 cm³/mol. The van der Waals surface area contributed by atoms with Crippen molar-refractivity contribution in [3.63, 3.8) is 0 Å². The highest BCUT2D eigenvalue weighted by Gasteiger charge is 2.23. The van der Waals surface area contributed by atoms with Gasteiger partial charge in [0.15, 0.2) is 0 Å². The van der Waals surface area contributed by atoms with Crippen LogP contribution in [-0.2, 0) is 0 Å². The van der Waals surface area contributed by atoms with Gasteiger partial charge in [-0.15, -0.1) is 0 Å². The molecule has 2 N–H and O–H groups in total. The topological polar surface area (TPSA) is 32.3 Å². The fourth-order valence-corrected chi connectivity index (χ4v) is 2.17. The van der Waals surface area contributed by atoms with Crippen molar-refractivity contribution >= 4 is 11.8 Å². The van der Waals surface area contributed by atoms with Gasteiger partial charge in [0.1, 0.15) is 0 Å². The minimum atomic E-state index is -0.427. The lowest BCUT2D eigenvalue weighted by molar-refractivity contribution is 0.0236. The molecule has 1 saturated heterocycles. The van der Waals surface area contributed by atoms with Crippen LogP contribution < -0.4 is 5.32 Å². The summed E-state index contributed by atoms with van der Waals surface area (Å²) in [4.78, 5) is 0. The average Bonchev–Trinajstić information content (AvgIpc) is 2.09. The van der Waals surface area contributed by atoms with Crippen LogP contribution in [0, 0.1) is 0 Å². The fourth-order valence-electron chi connectivity index (χ4n) is 1.47. The molecular weight excluding hydrogens is 182 g/mol. The number of thioether (sulfide) groups is 1. The van der Waals surface area contributed by atoms with Gasteiger partial charge in [-0.25, -0.2) is 0 Å². The fraction of sp³-hybridized carbons (Fsp3) is 1.00. The van der Waals surface area contributed by atoms with Crippen LogP contribution >= 0.6 is 11.8 Å². The zero-order valence-corrected chi connectivity index (χ0v) is 9.49. The van der Waals surface area contributed by atoms with Gasteiger partial charge in [0, 0.05) is 17.5 Å². The van der Waals surface area contributed by atoms with Crippen LogP contribution in [0.1, 0.15) is 33.1 Å². The van der Waals surface area contributed by atoms with Crippen LogP contribution in [0.3, 0.4) is 0 Å². The second-order valence-electron chi connectivity index (χ2n) is 3.87. The van der Waals surface area contributed by atoms with Crippen LogP contribution in [0.25, 0.3) is 0 Å². The highest BCUT2D eigenvalue weighted by Crippen LogP contribution is 2.20. The first kappa shape index (κ1) is 11.3.